The van der Waals surface area contributed by atoms with Crippen molar-refractivity contribution in [3.63, 3.8) is 0 Å². The molecule has 0 unspecified atom stereocenters. The largest absolute Gasteiger partial charge is 0.367 e. The first-order chi connectivity index (χ1) is 8.86. The first-order valence-electron chi connectivity index (χ1n) is 6.43. The highest BCUT2D eigenvalue weighted by Crippen LogP contribution is 2.24. The number of hydrogen-bond acceptors (Lipinski definition) is 4. The number of anilines is 1. The van der Waals surface area contributed by atoms with Gasteiger partial charge in [0.1, 0.15) is 11.5 Å². The molecule has 2 heterocycles. The van der Waals surface area contributed by atoms with Crippen LogP contribution in [0.1, 0.15) is 42.7 Å². The van der Waals surface area contributed by atoms with Crippen molar-refractivity contribution in [3.05, 3.63) is 18.1 Å². The maximum absolute atomic E-state index is 10.8. The first-order valence-corrected chi connectivity index (χ1v) is 6.43. The molecule has 0 aromatic carbocycles. The highest BCUT2D eigenvalue weighted by molar-refractivity contribution is 5.89. The van der Waals surface area contributed by atoms with E-state index in [2.05, 4.69) is 20.3 Å². The van der Waals surface area contributed by atoms with E-state index in [0.717, 1.165) is 11.2 Å². The molecule has 1 aliphatic carbocycles. The predicted octanol–water partition coefficient (Wildman–Crippen LogP) is 2.51. The Labute approximate surface area is 105 Å². The smallest absolute Gasteiger partial charge is 0.196 e. The van der Waals surface area contributed by atoms with Crippen LogP contribution in [0.25, 0.3) is 11.0 Å². The number of aromatic amines is 1. The van der Waals surface area contributed by atoms with Gasteiger partial charge < -0.3 is 10.3 Å². The molecule has 1 saturated carbocycles. The molecular weight excluding hydrogens is 228 g/mol. The normalized spacial score (nSPS) is 16.9. The topological polar surface area (TPSA) is 70.7 Å². The Hall–Kier alpha value is -1.91. The van der Waals surface area contributed by atoms with Crippen molar-refractivity contribution in [1.29, 1.82) is 0 Å². The lowest BCUT2D eigenvalue weighted by Crippen LogP contribution is -2.23. The summed E-state index contributed by atoms with van der Waals surface area (Å²) in [4.78, 5) is 22.3. The van der Waals surface area contributed by atoms with Crippen LogP contribution in [0.3, 0.4) is 0 Å². The number of aldehydes is 1. The Morgan fingerprint density at radius 2 is 2.11 bits per heavy atom. The summed E-state index contributed by atoms with van der Waals surface area (Å²) < 4.78 is 0. The van der Waals surface area contributed by atoms with Crippen LogP contribution in [0, 0.1) is 0 Å². The van der Waals surface area contributed by atoms with Gasteiger partial charge in [0.2, 0.25) is 0 Å². The van der Waals surface area contributed by atoms with Gasteiger partial charge in [0.05, 0.1) is 5.39 Å². The van der Waals surface area contributed by atoms with Gasteiger partial charge >= 0.3 is 0 Å². The summed E-state index contributed by atoms with van der Waals surface area (Å²) >= 11 is 0. The Kier molecular flexibility index (Phi) is 2.96. The monoisotopic (exact) mass is 244 g/mol. The minimum atomic E-state index is 0.225. The molecule has 0 atom stereocenters. The second-order valence-corrected chi connectivity index (χ2v) is 4.77. The van der Waals surface area contributed by atoms with Crippen molar-refractivity contribution < 1.29 is 4.79 Å². The number of carbonyl (C=O) groups excluding carboxylic acids is 1. The quantitative estimate of drug-likeness (QED) is 0.814. The minimum absolute atomic E-state index is 0.225. The molecule has 0 saturated heterocycles. The van der Waals surface area contributed by atoms with Crippen LogP contribution in [-0.4, -0.2) is 27.3 Å². The number of nitrogens with one attached hydrogen (secondary N) is 2. The lowest BCUT2D eigenvalue weighted by Gasteiger charge is -2.23. The average molecular weight is 244 g/mol. The second-order valence-electron chi connectivity index (χ2n) is 4.77. The molecule has 1 fully saturated rings. The summed E-state index contributed by atoms with van der Waals surface area (Å²) in [6.45, 7) is 0. The van der Waals surface area contributed by atoms with Gasteiger partial charge in [0.25, 0.3) is 0 Å². The number of aromatic nitrogens is 3. The van der Waals surface area contributed by atoms with Gasteiger partial charge in [-0.05, 0) is 18.9 Å². The molecule has 0 radical (unpaired) electrons. The van der Waals surface area contributed by atoms with E-state index in [1.54, 1.807) is 0 Å². The van der Waals surface area contributed by atoms with Gasteiger partial charge in [-0.2, -0.15) is 0 Å². The van der Waals surface area contributed by atoms with Gasteiger partial charge in [-0.1, -0.05) is 19.3 Å². The van der Waals surface area contributed by atoms with Crippen molar-refractivity contribution in [1.82, 2.24) is 15.0 Å². The molecule has 5 nitrogen and oxygen atoms in total. The zero-order valence-electron chi connectivity index (χ0n) is 10.1. The Bertz CT molecular complexity index is 557. The van der Waals surface area contributed by atoms with Crippen molar-refractivity contribution in [2.24, 2.45) is 0 Å². The van der Waals surface area contributed by atoms with E-state index in [0.29, 0.717) is 18.0 Å². The zero-order chi connectivity index (χ0) is 12.4. The molecule has 3 rings (SSSR count). The minimum Gasteiger partial charge on any atom is -0.367 e. The molecule has 0 aliphatic heterocycles. The molecule has 5 heteroatoms. The van der Waals surface area contributed by atoms with E-state index in [9.17, 15) is 4.79 Å². The average Bonchev–Trinajstić information content (AvgIpc) is 2.88. The lowest BCUT2D eigenvalue weighted by molar-refractivity contribution is 0.111. The van der Waals surface area contributed by atoms with Crippen LogP contribution in [0.5, 0.6) is 0 Å². The third-order valence-corrected chi connectivity index (χ3v) is 3.48. The first kappa shape index (κ1) is 11.2. The van der Waals surface area contributed by atoms with Crippen LogP contribution in [0.4, 0.5) is 5.82 Å². The molecule has 18 heavy (non-hydrogen) atoms. The molecule has 0 spiro atoms. The Morgan fingerprint density at radius 1 is 1.28 bits per heavy atom. The van der Waals surface area contributed by atoms with E-state index in [4.69, 9.17) is 0 Å². The molecule has 2 N–H and O–H groups in total. The van der Waals surface area contributed by atoms with Crippen molar-refractivity contribution >= 4 is 23.1 Å². The lowest BCUT2D eigenvalue weighted by atomic mass is 9.95. The third kappa shape index (κ3) is 2.08. The van der Waals surface area contributed by atoms with Crippen LogP contribution < -0.4 is 5.32 Å². The zero-order valence-corrected chi connectivity index (χ0v) is 10.1. The number of fused-ring (bicyclic) bond motifs is 1. The highest BCUT2D eigenvalue weighted by Gasteiger charge is 2.16. The standard InChI is InChI=1S/C13H16N4O/c18-8-11-16-12-10(6-7-14-12)13(17-11)15-9-4-2-1-3-5-9/h6-9H,1-5H2,(H2,14,15,16,17). The number of rotatable bonds is 3. The molecule has 0 bridgehead atoms. The third-order valence-electron chi connectivity index (χ3n) is 3.48. The van der Waals surface area contributed by atoms with Gasteiger partial charge in [-0.15, -0.1) is 0 Å². The summed E-state index contributed by atoms with van der Waals surface area (Å²) in [5.41, 5.74) is 0.713. The molecule has 1 aliphatic rings. The highest BCUT2D eigenvalue weighted by atomic mass is 16.1. The second kappa shape index (κ2) is 4.76. The number of hydrogen-bond donors (Lipinski definition) is 2. The maximum Gasteiger partial charge on any atom is 0.196 e. The molecule has 0 amide bonds. The van der Waals surface area contributed by atoms with Crippen LogP contribution in [0.2, 0.25) is 0 Å². The summed E-state index contributed by atoms with van der Waals surface area (Å²) in [5, 5.41) is 4.40. The van der Waals surface area contributed by atoms with Gasteiger partial charge in [-0.25, -0.2) is 9.97 Å². The molecule has 2 aromatic rings. The van der Waals surface area contributed by atoms with E-state index in [1.807, 2.05) is 12.3 Å². The maximum atomic E-state index is 10.8. The Balaban J connectivity index is 1.93. The van der Waals surface area contributed by atoms with Crippen LogP contribution in [0.15, 0.2) is 12.3 Å². The fourth-order valence-corrected chi connectivity index (χ4v) is 2.56. The van der Waals surface area contributed by atoms with Crippen LogP contribution in [-0.2, 0) is 0 Å². The van der Waals surface area contributed by atoms with Crippen LogP contribution >= 0.6 is 0 Å². The molecular formula is C13H16N4O. The summed E-state index contributed by atoms with van der Waals surface area (Å²) in [6, 6.07) is 2.40. The van der Waals surface area contributed by atoms with Gasteiger partial charge in [-0.3, -0.25) is 4.79 Å². The summed E-state index contributed by atoms with van der Waals surface area (Å²) in [6.07, 6.45) is 8.70. The SMILES string of the molecule is O=Cc1nc(NC2CCCCC2)c2cc[nH]c2n1. The summed E-state index contributed by atoms with van der Waals surface area (Å²) in [7, 11) is 0. The summed E-state index contributed by atoms with van der Waals surface area (Å²) in [5.74, 6) is 0.999. The Morgan fingerprint density at radius 3 is 2.89 bits per heavy atom. The van der Waals surface area contributed by atoms with Gasteiger partial charge in [0, 0.05) is 12.2 Å². The predicted molar refractivity (Wildman–Crippen MR) is 69.8 cm³/mol. The van der Waals surface area contributed by atoms with E-state index in [-0.39, 0.29) is 5.82 Å². The van der Waals surface area contributed by atoms with E-state index in [1.165, 1.54) is 32.1 Å². The van der Waals surface area contributed by atoms with Crippen molar-refractivity contribution in [3.8, 4) is 0 Å². The van der Waals surface area contributed by atoms with E-state index >= 15 is 0 Å². The molecule has 2 aromatic heterocycles. The fourth-order valence-electron chi connectivity index (χ4n) is 2.56. The van der Waals surface area contributed by atoms with Crippen molar-refractivity contribution in [2.75, 3.05) is 5.32 Å². The van der Waals surface area contributed by atoms with Crippen molar-refractivity contribution in [2.45, 2.75) is 38.1 Å². The number of nitrogens with zero attached hydrogens (tertiary/aromatic N) is 2. The number of H-pyrrole nitrogens is 1. The van der Waals surface area contributed by atoms with Gasteiger partial charge in [0.15, 0.2) is 12.1 Å². The number of carbonyl (C=O) groups is 1. The fraction of sp³-hybridized carbons (Fsp3) is 0.462. The molecule has 94 valence electrons. The van der Waals surface area contributed by atoms with E-state index < -0.39 is 0 Å².